The lowest BCUT2D eigenvalue weighted by Crippen LogP contribution is -2.39. The molecule has 5 heteroatoms. The molecule has 2 bridgehead atoms. The van der Waals surface area contributed by atoms with Crippen molar-refractivity contribution in [1.29, 1.82) is 0 Å². The molecule has 2 atom stereocenters. The molecule has 1 aromatic carbocycles. The molecule has 1 saturated carbocycles. The zero-order chi connectivity index (χ0) is 17.1. The van der Waals surface area contributed by atoms with Gasteiger partial charge in [-0.2, -0.15) is 10.2 Å². The van der Waals surface area contributed by atoms with Crippen LogP contribution in [-0.2, 0) is 10.2 Å². The minimum atomic E-state index is -0.370. The quantitative estimate of drug-likeness (QED) is 0.805. The smallest absolute Gasteiger partial charge is 0.134 e. The molecule has 0 aliphatic heterocycles. The van der Waals surface area contributed by atoms with E-state index in [0.29, 0.717) is 28.8 Å². The van der Waals surface area contributed by atoms with Crippen LogP contribution in [0.4, 0.5) is 4.39 Å². The van der Waals surface area contributed by atoms with Gasteiger partial charge in [-0.25, -0.2) is 4.39 Å². The van der Waals surface area contributed by atoms with Crippen LogP contribution in [0.25, 0.3) is 11.3 Å². The van der Waals surface area contributed by atoms with Crippen molar-refractivity contribution in [2.75, 3.05) is 13.7 Å². The molecule has 0 spiro atoms. The Balaban J connectivity index is 1.89. The van der Waals surface area contributed by atoms with Gasteiger partial charge in [0.25, 0.3) is 0 Å². The van der Waals surface area contributed by atoms with Gasteiger partial charge in [0.05, 0.1) is 28.6 Å². The Morgan fingerprint density at radius 2 is 2.12 bits per heavy atom. The molecule has 0 N–H and O–H groups in total. The maximum Gasteiger partial charge on any atom is 0.134 e. The van der Waals surface area contributed by atoms with Crippen LogP contribution in [0.5, 0.6) is 0 Å². The normalized spacial score (nSPS) is 26.6. The average molecular weight is 347 g/mol. The summed E-state index contributed by atoms with van der Waals surface area (Å²) in [7, 11) is 1.73. The summed E-state index contributed by atoms with van der Waals surface area (Å²) in [5.74, 6) is 0.0215. The topological polar surface area (TPSA) is 35.0 Å². The van der Waals surface area contributed by atoms with E-state index >= 15 is 0 Å². The van der Waals surface area contributed by atoms with Crippen molar-refractivity contribution in [2.45, 2.75) is 38.0 Å². The summed E-state index contributed by atoms with van der Waals surface area (Å²) in [6.45, 7) is 5.19. The Kier molecular flexibility index (Phi) is 3.49. The second-order valence-corrected chi connectivity index (χ2v) is 7.87. The van der Waals surface area contributed by atoms with Gasteiger partial charge in [-0.05, 0) is 47.9 Å². The number of benzene rings is 1. The molecule has 0 saturated heterocycles. The second kappa shape index (κ2) is 5.24. The molecule has 1 aromatic heterocycles. The van der Waals surface area contributed by atoms with Crippen molar-refractivity contribution in [3.63, 3.8) is 0 Å². The van der Waals surface area contributed by atoms with E-state index in [2.05, 4.69) is 24.0 Å². The lowest BCUT2D eigenvalue weighted by atomic mass is 9.69. The third-order valence-electron chi connectivity index (χ3n) is 6.23. The molecule has 0 amide bonds. The van der Waals surface area contributed by atoms with Gasteiger partial charge in [0.2, 0.25) is 0 Å². The van der Waals surface area contributed by atoms with Crippen LogP contribution in [0.2, 0.25) is 5.02 Å². The van der Waals surface area contributed by atoms with Crippen molar-refractivity contribution in [2.24, 2.45) is 5.41 Å². The predicted molar refractivity (Wildman–Crippen MR) is 91.7 cm³/mol. The number of hydrogen-bond acceptors (Lipinski definition) is 3. The first-order chi connectivity index (χ1) is 11.4. The van der Waals surface area contributed by atoms with Crippen LogP contribution in [-0.4, -0.2) is 23.9 Å². The molecule has 1 heterocycles. The summed E-state index contributed by atoms with van der Waals surface area (Å²) in [4.78, 5) is 0. The fourth-order valence-electron chi connectivity index (χ4n) is 4.86. The van der Waals surface area contributed by atoms with Gasteiger partial charge in [0.1, 0.15) is 5.82 Å². The van der Waals surface area contributed by atoms with Gasteiger partial charge in [-0.3, -0.25) is 0 Å². The first-order valence-corrected chi connectivity index (χ1v) is 8.61. The maximum absolute atomic E-state index is 14.3. The Labute approximate surface area is 146 Å². The highest BCUT2D eigenvalue weighted by atomic mass is 35.5. The van der Waals surface area contributed by atoms with Gasteiger partial charge in [0.15, 0.2) is 0 Å². The first-order valence-electron chi connectivity index (χ1n) is 8.24. The van der Waals surface area contributed by atoms with Crippen molar-refractivity contribution < 1.29 is 9.13 Å². The molecule has 24 heavy (non-hydrogen) atoms. The number of halogens is 2. The molecule has 0 unspecified atom stereocenters. The molecule has 0 radical (unpaired) electrons. The van der Waals surface area contributed by atoms with Crippen molar-refractivity contribution in [3.05, 3.63) is 46.4 Å². The minimum Gasteiger partial charge on any atom is -0.384 e. The zero-order valence-electron chi connectivity index (χ0n) is 14.1. The molecule has 3 nitrogen and oxygen atoms in total. The van der Waals surface area contributed by atoms with Crippen LogP contribution in [0, 0.1) is 11.2 Å². The molecular weight excluding hydrogens is 327 g/mol. The Bertz CT molecular complexity index is 803. The lowest BCUT2D eigenvalue weighted by Gasteiger charge is -2.37. The summed E-state index contributed by atoms with van der Waals surface area (Å²) in [6.07, 6.45) is 2.15. The Hall–Kier alpha value is -1.52. The lowest BCUT2D eigenvalue weighted by molar-refractivity contribution is 0.0714. The van der Waals surface area contributed by atoms with E-state index in [1.54, 1.807) is 19.2 Å². The highest BCUT2D eigenvalue weighted by Gasteiger charge is 2.63. The van der Waals surface area contributed by atoms with E-state index in [1.165, 1.54) is 11.6 Å². The van der Waals surface area contributed by atoms with E-state index in [1.807, 2.05) is 6.07 Å². The monoisotopic (exact) mass is 346 g/mol. The van der Waals surface area contributed by atoms with Crippen molar-refractivity contribution in [3.8, 4) is 11.3 Å². The highest BCUT2D eigenvalue weighted by Crippen LogP contribution is 2.67. The number of methoxy groups -OCH3 is 1. The number of aromatic nitrogens is 2. The maximum atomic E-state index is 14.3. The molecule has 1 fully saturated rings. The van der Waals surface area contributed by atoms with E-state index in [4.69, 9.17) is 16.3 Å². The van der Waals surface area contributed by atoms with E-state index in [9.17, 15) is 4.39 Å². The van der Waals surface area contributed by atoms with Gasteiger partial charge in [-0.1, -0.05) is 31.5 Å². The fourth-order valence-corrected chi connectivity index (χ4v) is 5.12. The summed E-state index contributed by atoms with van der Waals surface area (Å²) < 4.78 is 19.8. The Morgan fingerprint density at radius 3 is 2.83 bits per heavy atom. The molecule has 2 aliphatic carbocycles. The van der Waals surface area contributed by atoms with Crippen molar-refractivity contribution in [1.82, 2.24) is 10.2 Å². The molecule has 4 rings (SSSR count). The van der Waals surface area contributed by atoms with E-state index in [-0.39, 0.29) is 16.6 Å². The number of nitrogens with zero attached hydrogens (tertiary/aromatic N) is 2. The van der Waals surface area contributed by atoms with Crippen molar-refractivity contribution >= 4 is 11.6 Å². The van der Waals surface area contributed by atoms with Crippen LogP contribution in [0.3, 0.4) is 0 Å². The largest absolute Gasteiger partial charge is 0.384 e. The van der Waals surface area contributed by atoms with Crippen LogP contribution < -0.4 is 0 Å². The van der Waals surface area contributed by atoms with E-state index in [0.717, 1.165) is 18.5 Å². The third-order valence-corrected chi connectivity index (χ3v) is 6.54. The average Bonchev–Trinajstić information content (AvgIpc) is 2.89. The van der Waals surface area contributed by atoms with Crippen LogP contribution in [0.15, 0.2) is 24.3 Å². The molecular formula is C19H20ClFN2O. The SMILES string of the molecule is COC[C@@]12CC[C@@H](c3cc(-c4c(F)cccc4Cl)nnc31)C2(C)C. The minimum absolute atomic E-state index is 0.0532. The van der Waals surface area contributed by atoms with Crippen LogP contribution in [0.1, 0.15) is 43.9 Å². The summed E-state index contributed by atoms with van der Waals surface area (Å²) in [5, 5.41) is 9.21. The van der Waals surface area contributed by atoms with Crippen LogP contribution >= 0.6 is 11.6 Å². The molecule has 126 valence electrons. The summed E-state index contributed by atoms with van der Waals surface area (Å²) in [6, 6.07) is 6.66. The van der Waals surface area contributed by atoms with Gasteiger partial charge in [-0.15, -0.1) is 0 Å². The predicted octanol–water partition coefficient (Wildman–Crippen LogP) is 4.74. The molecule has 2 aliphatic rings. The van der Waals surface area contributed by atoms with Gasteiger partial charge >= 0.3 is 0 Å². The fraction of sp³-hybridized carbons (Fsp3) is 0.474. The molecule has 2 aromatic rings. The highest BCUT2D eigenvalue weighted by molar-refractivity contribution is 6.33. The number of ether oxygens (including phenoxy) is 1. The summed E-state index contributed by atoms with van der Waals surface area (Å²) in [5.41, 5.74) is 2.97. The van der Waals surface area contributed by atoms with Gasteiger partial charge in [0, 0.05) is 12.5 Å². The zero-order valence-corrected chi connectivity index (χ0v) is 14.8. The number of rotatable bonds is 3. The Morgan fingerprint density at radius 1 is 1.33 bits per heavy atom. The van der Waals surface area contributed by atoms with E-state index < -0.39 is 0 Å². The first kappa shape index (κ1) is 16.0. The number of fused-ring (bicyclic) bond motifs is 5. The van der Waals surface area contributed by atoms with Gasteiger partial charge < -0.3 is 4.74 Å². The third kappa shape index (κ3) is 1.87. The second-order valence-electron chi connectivity index (χ2n) is 7.46. The summed E-state index contributed by atoms with van der Waals surface area (Å²) >= 11 is 6.20. The standard InChI is InChI=1S/C19H20ClFN2O/c1-18(2)12-7-8-19(18,10-24-3)17-11(12)9-15(22-23-17)16-13(20)5-4-6-14(16)21/h4-6,9,12H,7-8,10H2,1-3H3/t12-,19-/m0/s1. The number of hydrogen-bond donors (Lipinski definition) is 0.